The summed E-state index contributed by atoms with van der Waals surface area (Å²) in [4.78, 5) is 55.3. The zero-order chi connectivity index (χ0) is 25.1. The van der Waals surface area contributed by atoms with E-state index >= 15 is 0 Å². The van der Waals surface area contributed by atoms with E-state index in [1.807, 2.05) is 26.0 Å². The van der Waals surface area contributed by atoms with E-state index in [1.54, 1.807) is 13.8 Å². The minimum Gasteiger partial charge on any atom is -0.464 e. The van der Waals surface area contributed by atoms with Crippen LogP contribution >= 0.6 is 0 Å². The molecular weight excluding hydrogens is 440 g/mol. The summed E-state index contributed by atoms with van der Waals surface area (Å²) in [5.41, 5.74) is 2.20. The Morgan fingerprint density at radius 3 is 1.44 bits per heavy atom. The molecule has 10 heteroatoms. The zero-order valence-electron chi connectivity index (χ0n) is 20.5. The van der Waals surface area contributed by atoms with Crippen molar-refractivity contribution in [3.63, 3.8) is 0 Å². The Balaban J connectivity index is 1.52. The van der Waals surface area contributed by atoms with Crippen molar-refractivity contribution in [3.05, 3.63) is 55.9 Å². The first kappa shape index (κ1) is 26.9. The van der Waals surface area contributed by atoms with Crippen molar-refractivity contribution in [1.29, 1.82) is 0 Å². The van der Waals surface area contributed by atoms with Gasteiger partial charge in [-0.05, 0) is 52.7 Å². The van der Waals surface area contributed by atoms with Gasteiger partial charge in [0.15, 0.2) is 0 Å². The number of ether oxygens (including phenoxy) is 2. The summed E-state index contributed by atoms with van der Waals surface area (Å²) in [5, 5.41) is 0. The topological polar surface area (TPSA) is 122 Å². The lowest BCUT2D eigenvalue weighted by atomic mass is 10.1. The van der Waals surface area contributed by atoms with E-state index in [2.05, 4.69) is 9.97 Å². The summed E-state index contributed by atoms with van der Waals surface area (Å²) in [6, 6.07) is 3.62. The number of hydrogen-bond acceptors (Lipinski definition) is 8. The fraction of sp³-hybridized carbons (Fsp3) is 0.583. The Morgan fingerprint density at radius 2 is 1.09 bits per heavy atom. The minimum absolute atomic E-state index is 0.125. The molecule has 186 valence electrons. The summed E-state index contributed by atoms with van der Waals surface area (Å²) < 4.78 is 13.4. The fourth-order valence-electron chi connectivity index (χ4n) is 3.63. The van der Waals surface area contributed by atoms with Crippen molar-refractivity contribution >= 4 is 11.9 Å². The molecule has 0 amide bonds. The van der Waals surface area contributed by atoms with Crippen molar-refractivity contribution in [2.24, 2.45) is 0 Å². The molecule has 0 saturated carbocycles. The standard InChI is InChI=1S/C24H34N4O6/c1-17-15-19(3)27(23(31)25-17)11-13-33-21(29)9-7-5-6-8-10-22(30)34-14-12-28-20(4)16-18(2)26-24(28)32/h15-16H,5-14H2,1-4H3. The highest BCUT2D eigenvalue weighted by Crippen LogP contribution is 2.07. The van der Waals surface area contributed by atoms with Gasteiger partial charge in [-0.1, -0.05) is 12.8 Å². The normalized spacial score (nSPS) is 10.8. The third-order valence-electron chi connectivity index (χ3n) is 5.36. The van der Waals surface area contributed by atoms with E-state index in [9.17, 15) is 19.2 Å². The van der Waals surface area contributed by atoms with E-state index in [-0.39, 0.29) is 49.6 Å². The molecule has 2 aromatic heterocycles. The van der Waals surface area contributed by atoms with Gasteiger partial charge < -0.3 is 9.47 Å². The maximum atomic E-state index is 11.9. The molecule has 0 atom stereocenters. The van der Waals surface area contributed by atoms with Crippen molar-refractivity contribution in [2.75, 3.05) is 13.2 Å². The molecule has 0 aliphatic carbocycles. The Bertz CT molecular complexity index is 1020. The van der Waals surface area contributed by atoms with E-state index in [1.165, 1.54) is 9.13 Å². The number of esters is 2. The molecule has 0 aliphatic rings. The summed E-state index contributed by atoms with van der Waals surface area (Å²) in [6.07, 6.45) is 3.52. The van der Waals surface area contributed by atoms with Gasteiger partial charge in [0.05, 0.1) is 13.1 Å². The lowest BCUT2D eigenvalue weighted by Crippen LogP contribution is -2.27. The second-order valence-electron chi connectivity index (χ2n) is 8.30. The maximum absolute atomic E-state index is 11.9. The predicted molar refractivity (Wildman–Crippen MR) is 126 cm³/mol. The van der Waals surface area contributed by atoms with Gasteiger partial charge in [-0.2, -0.15) is 9.97 Å². The van der Waals surface area contributed by atoms with Crippen molar-refractivity contribution in [1.82, 2.24) is 19.1 Å². The fourth-order valence-corrected chi connectivity index (χ4v) is 3.63. The second kappa shape index (κ2) is 13.4. The number of nitrogens with zero attached hydrogens (tertiary/aromatic N) is 4. The third kappa shape index (κ3) is 8.92. The molecular formula is C24H34N4O6. The number of carbonyl (C=O) groups excluding carboxylic acids is 2. The van der Waals surface area contributed by atoms with E-state index in [0.717, 1.165) is 24.2 Å². The van der Waals surface area contributed by atoms with Crippen molar-refractivity contribution in [3.8, 4) is 0 Å². The average Bonchev–Trinajstić information content (AvgIpc) is 2.74. The summed E-state index contributed by atoms with van der Waals surface area (Å²) in [5.74, 6) is -0.609. The lowest BCUT2D eigenvalue weighted by molar-refractivity contribution is -0.145. The third-order valence-corrected chi connectivity index (χ3v) is 5.36. The van der Waals surface area contributed by atoms with Gasteiger partial charge >= 0.3 is 23.3 Å². The summed E-state index contributed by atoms with van der Waals surface area (Å²) in [7, 11) is 0. The zero-order valence-corrected chi connectivity index (χ0v) is 20.5. The van der Waals surface area contributed by atoms with Gasteiger partial charge in [0, 0.05) is 35.6 Å². The second-order valence-corrected chi connectivity index (χ2v) is 8.30. The van der Waals surface area contributed by atoms with Crippen LogP contribution in [0, 0.1) is 27.7 Å². The van der Waals surface area contributed by atoms with Crippen LogP contribution < -0.4 is 11.4 Å². The minimum atomic E-state index is -0.344. The molecule has 0 bridgehead atoms. The van der Waals surface area contributed by atoms with E-state index in [0.29, 0.717) is 37.1 Å². The number of unbranched alkanes of at least 4 members (excludes halogenated alkanes) is 3. The van der Waals surface area contributed by atoms with Crippen LogP contribution in [0.3, 0.4) is 0 Å². The number of hydrogen-bond donors (Lipinski definition) is 0. The molecule has 10 nitrogen and oxygen atoms in total. The smallest absolute Gasteiger partial charge is 0.348 e. The molecule has 0 N–H and O–H groups in total. The molecule has 34 heavy (non-hydrogen) atoms. The van der Waals surface area contributed by atoms with Gasteiger partial charge in [0.25, 0.3) is 0 Å². The van der Waals surface area contributed by atoms with Crippen LogP contribution in [0.25, 0.3) is 0 Å². The van der Waals surface area contributed by atoms with E-state index in [4.69, 9.17) is 9.47 Å². The quantitative estimate of drug-likeness (QED) is 0.320. The summed E-state index contributed by atoms with van der Waals surface area (Å²) in [6.45, 7) is 7.96. The van der Waals surface area contributed by atoms with Crippen LogP contribution in [-0.2, 0) is 32.2 Å². The van der Waals surface area contributed by atoms with Gasteiger partial charge in [0.2, 0.25) is 0 Å². The molecule has 2 heterocycles. The SMILES string of the molecule is Cc1cc(C)n(CCOC(=O)CCCCCCC(=O)OCCn2c(C)cc(C)nc2=O)c(=O)n1. The number of carbonyl (C=O) groups is 2. The molecule has 0 unspecified atom stereocenters. The molecule has 0 radical (unpaired) electrons. The molecule has 0 spiro atoms. The van der Waals surface area contributed by atoms with Gasteiger partial charge in [-0.25, -0.2) is 9.59 Å². The van der Waals surface area contributed by atoms with Crippen LogP contribution in [0.5, 0.6) is 0 Å². The van der Waals surface area contributed by atoms with Crippen LogP contribution in [0.2, 0.25) is 0 Å². The van der Waals surface area contributed by atoms with E-state index < -0.39 is 0 Å². The number of aromatic nitrogens is 4. The lowest BCUT2D eigenvalue weighted by Gasteiger charge is -2.10. The van der Waals surface area contributed by atoms with Crippen molar-refractivity contribution in [2.45, 2.75) is 79.3 Å². The summed E-state index contributed by atoms with van der Waals surface area (Å²) >= 11 is 0. The molecule has 2 aromatic rings. The average molecular weight is 475 g/mol. The van der Waals surface area contributed by atoms with Crippen molar-refractivity contribution < 1.29 is 19.1 Å². The predicted octanol–water partition coefficient (Wildman–Crippen LogP) is 2.16. The van der Waals surface area contributed by atoms with Crippen LogP contribution in [0.1, 0.15) is 61.3 Å². The van der Waals surface area contributed by atoms with Crippen LogP contribution in [0.15, 0.2) is 21.7 Å². The monoisotopic (exact) mass is 474 g/mol. The molecule has 0 saturated heterocycles. The van der Waals surface area contributed by atoms with Gasteiger partial charge in [0.1, 0.15) is 13.2 Å². The molecule has 2 rings (SSSR count). The Morgan fingerprint density at radius 1 is 0.706 bits per heavy atom. The van der Waals surface area contributed by atoms with Crippen LogP contribution in [0.4, 0.5) is 0 Å². The maximum Gasteiger partial charge on any atom is 0.348 e. The first-order valence-electron chi connectivity index (χ1n) is 11.6. The molecule has 0 aromatic carbocycles. The van der Waals surface area contributed by atoms with Gasteiger partial charge in [-0.3, -0.25) is 18.7 Å². The highest BCUT2D eigenvalue weighted by atomic mass is 16.5. The first-order valence-corrected chi connectivity index (χ1v) is 11.6. The Kier molecular flexibility index (Phi) is 10.6. The Labute approximate surface area is 198 Å². The first-order chi connectivity index (χ1) is 16.2. The Hall–Kier alpha value is -3.30. The molecule has 0 fully saturated rings. The van der Waals surface area contributed by atoms with Crippen LogP contribution in [-0.4, -0.2) is 44.3 Å². The number of rotatable bonds is 13. The highest BCUT2D eigenvalue weighted by Gasteiger charge is 2.08. The largest absolute Gasteiger partial charge is 0.464 e. The molecule has 0 aliphatic heterocycles. The number of aryl methyl sites for hydroxylation is 4. The van der Waals surface area contributed by atoms with Gasteiger partial charge in [-0.15, -0.1) is 0 Å². The highest BCUT2D eigenvalue weighted by molar-refractivity contribution is 5.69.